The molecular weight excluding hydrogens is 306 g/mol. The van der Waals surface area contributed by atoms with Crippen LogP contribution in [-0.4, -0.2) is 5.11 Å². The minimum Gasteiger partial charge on any atom is -0.507 e. The van der Waals surface area contributed by atoms with Gasteiger partial charge in [-0.3, -0.25) is 0 Å². The van der Waals surface area contributed by atoms with Gasteiger partial charge in [0.1, 0.15) is 17.2 Å². The second-order valence-electron chi connectivity index (χ2n) is 4.25. The molecular formula is C15H14BrNO2. The number of anilines is 1. The van der Waals surface area contributed by atoms with Crippen LogP contribution in [0.3, 0.4) is 0 Å². The monoisotopic (exact) mass is 319 g/mol. The number of phenols is 1. The lowest BCUT2D eigenvalue weighted by Gasteiger charge is -2.11. The van der Waals surface area contributed by atoms with E-state index in [-0.39, 0.29) is 5.75 Å². The first-order chi connectivity index (χ1) is 8.97. The molecule has 98 valence electrons. The summed E-state index contributed by atoms with van der Waals surface area (Å²) in [7, 11) is 0. The second-order valence-corrected chi connectivity index (χ2v) is 5.11. The lowest BCUT2D eigenvalue weighted by atomic mass is 10.1. The predicted molar refractivity (Wildman–Crippen MR) is 81.4 cm³/mol. The molecule has 0 aliphatic carbocycles. The molecule has 0 saturated heterocycles. The number of allylic oxidation sites excluding steroid dienone is 1. The van der Waals surface area contributed by atoms with Gasteiger partial charge < -0.3 is 15.6 Å². The van der Waals surface area contributed by atoms with Crippen molar-refractivity contribution < 1.29 is 9.84 Å². The standard InChI is InChI=1S/C15H14BrNO2/c1-9(2)12-8-11(4-5-14(12)18)19-15-6-3-10(17)7-13(15)16/h3-8,18H,1,17H2,2H3. The summed E-state index contributed by atoms with van der Waals surface area (Å²) in [6.07, 6.45) is 0. The summed E-state index contributed by atoms with van der Waals surface area (Å²) in [6.45, 7) is 5.65. The molecule has 0 heterocycles. The Morgan fingerprint density at radius 1 is 1.26 bits per heavy atom. The summed E-state index contributed by atoms with van der Waals surface area (Å²) in [6, 6.07) is 10.4. The van der Waals surface area contributed by atoms with E-state index in [1.54, 1.807) is 36.4 Å². The number of aromatic hydroxyl groups is 1. The van der Waals surface area contributed by atoms with E-state index >= 15 is 0 Å². The second kappa shape index (κ2) is 5.36. The minimum atomic E-state index is 0.191. The number of nitrogen functional groups attached to an aromatic ring is 1. The third-order valence-electron chi connectivity index (χ3n) is 2.61. The maximum absolute atomic E-state index is 9.72. The molecule has 2 aromatic rings. The van der Waals surface area contributed by atoms with Crippen LogP contribution in [-0.2, 0) is 0 Å². The van der Waals surface area contributed by atoms with E-state index in [0.29, 0.717) is 22.7 Å². The first-order valence-electron chi connectivity index (χ1n) is 5.69. The van der Waals surface area contributed by atoms with Crippen LogP contribution >= 0.6 is 15.9 Å². The predicted octanol–water partition coefficient (Wildman–Crippen LogP) is 4.56. The molecule has 0 saturated carbocycles. The number of nitrogens with two attached hydrogens (primary N) is 1. The van der Waals surface area contributed by atoms with Gasteiger partial charge in [0.2, 0.25) is 0 Å². The third-order valence-corrected chi connectivity index (χ3v) is 3.23. The van der Waals surface area contributed by atoms with Crippen molar-refractivity contribution in [2.75, 3.05) is 5.73 Å². The largest absolute Gasteiger partial charge is 0.507 e. The van der Waals surface area contributed by atoms with E-state index in [9.17, 15) is 5.11 Å². The van der Waals surface area contributed by atoms with Crippen LogP contribution < -0.4 is 10.5 Å². The fourth-order valence-electron chi connectivity index (χ4n) is 1.65. The van der Waals surface area contributed by atoms with Crippen molar-refractivity contribution in [3.05, 3.63) is 53.0 Å². The number of halogens is 1. The van der Waals surface area contributed by atoms with Crippen LogP contribution in [0.15, 0.2) is 47.4 Å². The maximum Gasteiger partial charge on any atom is 0.141 e. The molecule has 0 aromatic heterocycles. The number of rotatable bonds is 3. The molecule has 19 heavy (non-hydrogen) atoms. The van der Waals surface area contributed by atoms with Crippen molar-refractivity contribution in [3.8, 4) is 17.2 Å². The highest BCUT2D eigenvalue weighted by molar-refractivity contribution is 9.10. The van der Waals surface area contributed by atoms with Crippen molar-refractivity contribution in [1.82, 2.24) is 0 Å². The van der Waals surface area contributed by atoms with E-state index in [4.69, 9.17) is 10.5 Å². The Bertz CT molecular complexity index is 638. The van der Waals surface area contributed by atoms with E-state index in [1.807, 2.05) is 6.92 Å². The molecule has 4 heteroatoms. The van der Waals surface area contributed by atoms with Gasteiger partial charge in [-0.15, -0.1) is 0 Å². The van der Waals surface area contributed by atoms with Gasteiger partial charge in [0, 0.05) is 11.3 Å². The topological polar surface area (TPSA) is 55.5 Å². The van der Waals surface area contributed by atoms with Crippen molar-refractivity contribution >= 4 is 27.2 Å². The van der Waals surface area contributed by atoms with Crippen LogP contribution in [0.5, 0.6) is 17.2 Å². The van der Waals surface area contributed by atoms with Gasteiger partial charge in [0.05, 0.1) is 4.47 Å². The molecule has 0 amide bonds. The lowest BCUT2D eigenvalue weighted by molar-refractivity contribution is 0.461. The highest BCUT2D eigenvalue weighted by atomic mass is 79.9. The first kappa shape index (κ1) is 13.5. The van der Waals surface area contributed by atoms with Crippen LogP contribution in [0, 0.1) is 0 Å². The van der Waals surface area contributed by atoms with Crippen molar-refractivity contribution in [1.29, 1.82) is 0 Å². The van der Waals surface area contributed by atoms with Crippen LogP contribution in [0.25, 0.3) is 5.57 Å². The third kappa shape index (κ3) is 3.09. The molecule has 0 aliphatic rings. The summed E-state index contributed by atoms with van der Waals surface area (Å²) < 4.78 is 6.53. The molecule has 3 N–H and O–H groups in total. The SMILES string of the molecule is C=C(C)c1cc(Oc2ccc(N)cc2Br)ccc1O. The summed E-state index contributed by atoms with van der Waals surface area (Å²) in [5, 5.41) is 9.72. The smallest absolute Gasteiger partial charge is 0.141 e. The molecule has 0 bridgehead atoms. The van der Waals surface area contributed by atoms with Crippen molar-refractivity contribution in [3.63, 3.8) is 0 Å². The molecule has 2 rings (SSSR count). The Morgan fingerprint density at radius 3 is 2.63 bits per heavy atom. The number of benzene rings is 2. The average molecular weight is 320 g/mol. The van der Waals surface area contributed by atoms with E-state index < -0.39 is 0 Å². The van der Waals surface area contributed by atoms with E-state index in [1.165, 1.54) is 0 Å². The van der Waals surface area contributed by atoms with Crippen LogP contribution in [0.4, 0.5) is 5.69 Å². The summed E-state index contributed by atoms with van der Waals surface area (Å²) in [4.78, 5) is 0. The van der Waals surface area contributed by atoms with Crippen LogP contribution in [0.2, 0.25) is 0 Å². The zero-order valence-electron chi connectivity index (χ0n) is 10.5. The normalized spacial score (nSPS) is 10.2. The van der Waals surface area contributed by atoms with Gasteiger partial charge in [-0.2, -0.15) is 0 Å². The Balaban J connectivity index is 2.33. The molecule has 3 nitrogen and oxygen atoms in total. The fraction of sp³-hybridized carbons (Fsp3) is 0.0667. The number of hydrogen-bond donors (Lipinski definition) is 2. The highest BCUT2D eigenvalue weighted by Gasteiger charge is 2.07. The Morgan fingerprint density at radius 2 is 2.00 bits per heavy atom. The quantitative estimate of drug-likeness (QED) is 0.815. The van der Waals surface area contributed by atoms with Crippen molar-refractivity contribution in [2.24, 2.45) is 0 Å². The summed E-state index contributed by atoms with van der Waals surface area (Å²) >= 11 is 3.39. The molecule has 0 unspecified atom stereocenters. The first-order valence-corrected chi connectivity index (χ1v) is 6.48. The molecule has 0 radical (unpaired) electrons. The fourth-order valence-corrected chi connectivity index (χ4v) is 2.12. The number of hydrogen-bond acceptors (Lipinski definition) is 3. The van der Waals surface area contributed by atoms with Gasteiger partial charge >= 0.3 is 0 Å². The summed E-state index contributed by atoms with van der Waals surface area (Å²) in [5.74, 6) is 1.48. The van der Waals surface area contributed by atoms with Gasteiger partial charge in [0.15, 0.2) is 0 Å². The zero-order valence-corrected chi connectivity index (χ0v) is 12.1. The average Bonchev–Trinajstić information content (AvgIpc) is 2.34. The molecule has 0 atom stereocenters. The number of ether oxygens (including phenoxy) is 1. The molecule has 2 aromatic carbocycles. The van der Waals surface area contributed by atoms with E-state index in [2.05, 4.69) is 22.5 Å². The lowest BCUT2D eigenvalue weighted by Crippen LogP contribution is -1.90. The molecule has 0 fully saturated rings. The van der Waals surface area contributed by atoms with Gasteiger partial charge in [-0.1, -0.05) is 6.58 Å². The molecule has 0 aliphatic heterocycles. The number of phenolic OH excluding ortho intramolecular Hbond substituents is 1. The van der Waals surface area contributed by atoms with Gasteiger partial charge in [-0.05, 0) is 64.8 Å². The minimum absolute atomic E-state index is 0.191. The Kier molecular flexibility index (Phi) is 3.81. The Labute approximate surface area is 120 Å². The van der Waals surface area contributed by atoms with Crippen molar-refractivity contribution in [2.45, 2.75) is 6.92 Å². The Hall–Kier alpha value is -1.94. The zero-order chi connectivity index (χ0) is 14.0. The summed E-state index contributed by atoms with van der Waals surface area (Å²) in [5.41, 5.74) is 7.78. The van der Waals surface area contributed by atoms with E-state index in [0.717, 1.165) is 10.0 Å². The van der Waals surface area contributed by atoms with Gasteiger partial charge in [-0.25, -0.2) is 0 Å². The maximum atomic E-state index is 9.72. The van der Waals surface area contributed by atoms with Gasteiger partial charge in [0.25, 0.3) is 0 Å². The highest BCUT2D eigenvalue weighted by Crippen LogP contribution is 2.34. The molecule has 0 spiro atoms. The van der Waals surface area contributed by atoms with Crippen LogP contribution in [0.1, 0.15) is 12.5 Å².